The van der Waals surface area contributed by atoms with Crippen LogP contribution >= 0.6 is 0 Å². The zero-order chi connectivity index (χ0) is 16.0. The quantitative estimate of drug-likeness (QED) is 0.849. The first-order valence-corrected chi connectivity index (χ1v) is 7.76. The van der Waals surface area contributed by atoms with Crippen molar-refractivity contribution in [3.63, 3.8) is 0 Å². The number of nitriles is 1. The third-order valence-electron chi connectivity index (χ3n) is 6.06. The first kappa shape index (κ1) is 14.8. The SMILES string of the molecule is CC1(C)[C@H]2CC[C@@]1(C)/C(=N/NC(=O)c1cccc(C#N)c1)C2. The molecule has 0 saturated heterocycles. The van der Waals surface area contributed by atoms with Gasteiger partial charge in [0.2, 0.25) is 0 Å². The standard InChI is InChI=1S/C18H21N3O/c1-17(2)14-7-8-18(17,3)15(10-14)20-21-16(22)13-6-4-5-12(9-13)11-19/h4-6,9,14H,7-8,10H2,1-3H3,(H,21,22)/b20-15+/t14-,18-/m0/s1. The van der Waals surface area contributed by atoms with Crippen LogP contribution in [0.5, 0.6) is 0 Å². The lowest BCUT2D eigenvalue weighted by Gasteiger charge is -2.34. The highest BCUT2D eigenvalue weighted by Gasteiger charge is 2.59. The molecule has 4 heteroatoms. The Morgan fingerprint density at radius 2 is 2.18 bits per heavy atom. The Labute approximate surface area is 131 Å². The Hall–Kier alpha value is -2.15. The number of hydrazone groups is 1. The molecule has 3 rings (SSSR count). The zero-order valence-corrected chi connectivity index (χ0v) is 13.3. The maximum Gasteiger partial charge on any atom is 0.271 e. The Morgan fingerprint density at radius 1 is 1.41 bits per heavy atom. The fourth-order valence-corrected chi connectivity index (χ4v) is 4.01. The van der Waals surface area contributed by atoms with E-state index in [0.717, 1.165) is 18.6 Å². The summed E-state index contributed by atoms with van der Waals surface area (Å²) in [4.78, 5) is 12.2. The Morgan fingerprint density at radius 3 is 2.77 bits per heavy atom. The fourth-order valence-electron chi connectivity index (χ4n) is 4.01. The first-order valence-electron chi connectivity index (χ1n) is 7.76. The second-order valence-corrected chi connectivity index (χ2v) is 7.19. The summed E-state index contributed by atoms with van der Waals surface area (Å²) in [6, 6.07) is 8.72. The summed E-state index contributed by atoms with van der Waals surface area (Å²) in [7, 11) is 0. The monoisotopic (exact) mass is 295 g/mol. The van der Waals surface area contributed by atoms with Crippen molar-refractivity contribution < 1.29 is 4.79 Å². The predicted molar refractivity (Wildman–Crippen MR) is 85.3 cm³/mol. The summed E-state index contributed by atoms with van der Waals surface area (Å²) in [5.74, 6) is 0.406. The Bertz CT molecular complexity index is 699. The molecule has 0 aromatic heterocycles. The van der Waals surface area contributed by atoms with Crippen LogP contribution in [0.4, 0.5) is 0 Å². The van der Waals surface area contributed by atoms with Crippen LogP contribution < -0.4 is 5.43 Å². The average Bonchev–Trinajstić information content (AvgIpc) is 2.85. The van der Waals surface area contributed by atoms with Crippen molar-refractivity contribution in [1.82, 2.24) is 5.43 Å². The highest BCUT2D eigenvalue weighted by Crippen LogP contribution is 2.63. The van der Waals surface area contributed by atoms with Gasteiger partial charge in [-0.15, -0.1) is 0 Å². The van der Waals surface area contributed by atoms with Gasteiger partial charge in [-0.3, -0.25) is 4.79 Å². The van der Waals surface area contributed by atoms with E-state index in [1.165, 1.54) is 6.42 Å². The average molecular weight is 295 g/mol. The van der Waals surface area contributed by atoms with Gasteiger partial charge in [0.15, 0.2) is 0 Å². The molecule has 2 aliphatic carbocycles. The molecule has 1 N–H and O–H groups in total. The largest absolute Gasteiger partial charge is 0.271 e. The van der Waals surface area contributed by atoms with Gasteiger partial charge in [0.25, 0.3) is 5.91 Å². The molecule has 2 fully saturated rings. The van der Waals surface area contributed by atoms with E-state index in [9.17, 15) is 4.79 Å². The lowest BCUT2D eigenvalue weighted by molar-refractivity contribution is 0.0954. The molecule has 2 bridgehead atoms. The van der Waals surface area contributed by atoms with Gasteiger partial charge in [-0.25, -0.2) is 5.43 Å². The minimum Gasteiger partial charge on any atom is -0.267 e. The molecule has 4 nitrogen and oxygen atoms in total. The number of carbonyl (C=O) groups excluding carboxylic acids is 1. The highest BCUT2D eigenvalue weighted by molar-refractivity contribution is 5.98. The normalized spacial score (nSPS) is 30.3. The molecule has 22 heavy (non-hydrogen) atoms. The number of fused-ring (bicyclic) bond motifs is 2. The molecular weight excluding hydrogens is 274 g/mol. The summed E-state index contributed by atoms with van der Waals surface area (Å²) in [6.45, 7) is 6.89. The van der Waals surface area contributed by atoms with E-state index in [0.29, 0.717) is 17.0 Å². The summed E-state index contributed by atoms with van der Waals surface area (Å²) < 4.78 is 0. The van der Waals surface area contributed by atoms with Crippen molar-refractivity contribution in [3.8, 4) is 6.07 Å². The van der Waals surface area contributed by atoms with E-state index < -0.39 is 0 Å². The van der Waals surface area contributed by atoms with Crippen LogP contribution in [0.1, 0.15) is 56.0 Å². The number of amides is 1. The van der Waals surface area contributed by atoms with Crippen LogP contribution in [0.25, 0.3) is 0 Å². The van der Waals surface area contributed by atoms with Crippen LogP contribution in [0.2, 0.25) is 0 Å². The molecule has 0 radical (unpaired) electrons. The van der Waals surface area contributed by atoms with Crippen molar-refractivity contribution in [2.24, 2.45) is 21.8 Å². The van der Waals surface area contributed by atoms with Gasteiger partial charge in [0.1, 0.15) is 0 Å². The van der Waals surface area contributed by atoms with E-state index in [1.54, 1.807) is 24.3 Å². The minimum absolute atomic E-state index is 0.0828. The lowest BCUT2D eigenvalue weighted by Crippen LogP contribution is -2.34. The van der Waals surface area contributed by atoms with Gasteiger partial charge < -0.3 is 0 Å². The number of hydrogen-bond acceptors (Lipinski definition) is 3. The number of rotatable bonds is 2. The molecule has 0 aliphatic heterocycles. The molecule has 2 atom stereocenters. The lowest BCUT2D eigenvalue weighted by atomic mass is 9.70. The summed E-state index contributed by atoms with van der Waals surface area (Å²) in [5.41, 5.74) is 5.07. The molecular formula is C18H21N3O. The van der Waals surface area contributed by atoms with Crippen LogP contribution in [0.3, 0.4) is 0 Å². The molecule has 0 spiro atoms. The van der Waals surface area contributed by atoms with Crippen molar-refractivity contribution in [2.45, 2.75) is 40.0 Å². The van der Waals surface area contributed by atoms with Crippen LogP contribution in [-0.2, 0) is 0 Å². The Kier molecular flexibility index (Phi) is 3.32. The second-order valence-electron chi connectivity index (χ2n) is 7.19. The smallest absolute Gasteiger partial charge is 0.267 e. The molecule has 0 heterocycles. The molecule has 2 saturated carbocycles. The third kappa shape index (κ3) is 2.04. The molecule has 1 aromatic carbocycles. The van der Waals surface area contributed by atoms with Gasteiger partial charge in [0.05, 0.1) is 11.6 Å². The highest BCUT2D eigenvalue weighted by atomic mass is 16.2. The van der Waals surface area contributed by atoms with E-state index in [1.807, 2.05) is 6.07 Å². The minimum atomic E-state index is -0.256. The van der Waals surface area contributed by atoms with Crippen LogP contribution in [0, 0.1) is 28.1 Å². The van der Waals surface area contributed by atoms with Crippen LogP contribution in [0.15, 0.2) is 29.4 Å². The van der Waals surface area contributed by atoms with Crippen molar-refractivity contribution in [3.05, 3.63) is 35.4 Å². The van der Waals surface area contributed by atoms with Crippen molar-refractivity contribution in [1.29, 1.82) is 5.26 Å². The molecule has 114 valence electrons. The number of nitrogens with one attached hydrogen (secondary N) is 1. The number of nitrogens with zero attached hydrogens (tertiary/aromatic N) is 2. The molecule has 1 aromatic rings. The number of carbonyl (C=O) groups is 1. The van der Waals surface area contributed by atoms with Gasteiger partial charge in [-0.05, 0) is 48.8 Å². The fraction of sp³-hybridized carbons (Fsp3) is 0.500. The van der Waals surface area contributed by atoms with Gasteiger partial charge >= 0.3 is 0 Å². The van der Waals surface area contributed by atoms with Crippen LogP contribution in [-0.4, -0.2) is 11.6 Å². The second kappa shape index (κ2) is 4.95. The maximum absolute atomic E-state index is 12.2. The van der Waals surface area contributed by atoms with Gasteiger partial charge in [-0.2, -0.15) is 10.4 Å². The van der Waals surface area contributed by atoms with Crippen molar-refractivity contribution in [2.75, 3.05) is 0 Å². The Balaban J connectivity index is 1.78. The molecule has 0 unspecified atom stereocenters. The van der Waals surface area contributed by atoms with Crippen molar-refractivity contribution >= 4 is 11.6 Å². The van der Waals surface area contributed by atoms with E-state index in [2.05, 4.69) is 31.3 Å². The summed E-state index contributed by atoms with van der Waals surface area (Å²) >= 11 is 0. The topological polar surface area (TPSA) is 65.2 Å². The zero-order valence-electron chi connectivity index (χ0n) is 13.3. The number of hydrogen-bond donors (Lipinski definition) is 1. The van der Waals surface area contributed by atoms with E-state index in [-0.39, 0.29) is 16.7 Å². The van der Waals surface area contributed by atoms with Gasteiger partial charge in [0, 0.05) is 16.7 Å². The third-order valence-corrected chi connectivity index (χ3v) is 6.06. The molecule has 1 amide bonds. The van der Waals surface area contributed by atoms with Gasteiger partial charge in [-0.1, -0.05) is 26.8 Å². The molecule has 2 aliphatic rings. The van der Waals surface area contributed by atoms with E-state index in [4.69, 9.17) is 5.26 Å². The van der Waals surface area contributed by atoms with E-state index >= 15 is 0 Å². The maximum atomic E-state index is 12.2. The summed E-state index contributed by atoms with van der Waals surface area (Å²) in [6.07, 6.45) is 3.37. The number of benzene rings is 1. The summed E-state index contributed by atoms with van der Waals surface area (Å²) in [5, 5.41) is 13.3. The predicted octanol–water partition coefficient (Wildman–Crippen LogP) is 3.49. The first-order chi connectivity index (χ1) is 10.4.